The van der Waals surface area contributed by atoms with E-state index in [1.807, 2.05) is 0 Å². The van der Waals surface area contributed by atoms with E-state index in [0.717, 1.165) is 25.7 Å². The van der Waals surface area contributed by atoms with E-state index < -0.39 is 12.1 Å². The van der Waals surface area contributed by atoms with Crippen LogP contribution in [0.2, 0.25) is 0 Å². The zero-order chi connectivity index (χ0) is 43.5. The summed E-state index contributed by atoms with van der Waals surface area (Å²) in [5, 5.41) is 23.3. The van der Waals surface area contributed by atoms with Gasteiger partial charge in [0.1, 0.15) is 0 Å². The third-order valence-electron chi connectivity index (χ3n) is 13.3. The van der Waals surface area contributed by atoms with Crippen molar-refractivity contribution in [2.75, 3.05) is 6.61 Å². The Morgan fingerprint density at radius 3 is 0.917 bits per heavy atom. The van der Waals surface area contributed by atoms with Gasteiger partial charge in [-0.2, -0.15) is 0 Å². The Bertz CT molecular complexity index is 829. The molecule has 0 saturated heterocycles. The Hall–Kier alpha value is -0.870. The number of amides is 1. The van der Waals surface area contributed by atoms with Crippen LogP contribution in [0, 0.1) is 0 Å². The Balaban J connectivity index is 3.40. The van der Waals surface area contributed by atoms with Gasteiger partial charge in [-0.3, -0.25) is 4.79 Å². The van der Waals surface area contributed by atoms with Gasteiger partial charge in [-0.1, -0.05) is 289 Å². The fourth-order valence-corrected chi connectivity index (χ4v) is 9.01. The Morgan fingerprint density at radius 2 is 0.633 bits per heavy atom. The number of nitrogens with one attached hydrogen (secondary N) is 1. The first-order chi connectivity index (χ1) is 29.7. The highest BCUT2D eigenvalue weighted by Crippen LogP contribution is 2.18. The molecule has 0 radical (unpaired) electrons. The highest BCUT2D eigenvalue weighted by Gasteiger charge is 2.20. The first kappa shape index (κ1) is 59.1. The largest absolute Gasteiger partial charge is 0.394 e. The van der Waals surface area contributed by atoms with Gasteiger partial charge in [-0.15, -0.1) is 0 Å². The summed E-state index contributed by atoms with van der Waals surface area (Å²) in [6.07, 6.45) is 67.7. The molecule has 0 aliphatic carbocycles. The summed E-state index contributed by atoms with van der Waals surface area (Å²) in [7, 11) is 0. The van der Waals surface area contributed by atoms with Crippen LogP contribution in [0.5, 0.6) is 0 Å². The van der Waals surface area contributed by atoms with Gasteiger partial charge in [0, 0.05) is 6.42 Å². The van der Waals surface area contributed by atoms with Gasteiger partial charge in [0.25, 0.3) is 0 Å². The third-order valence-corrected chi connectivity index (χ3v) is 13.3. The van der Waals surface area contributed by atoms with Crippen molar-refractivity contribution < 1.29 is 15.0 Å². The fourth-order valence-electron chi connectivity index (χ4n) is 9.01. The number of hydrogen-bond acceptors (Lipinski definition) is 3. The molecular formula is C56H111NO3. The second-order valence-corrected chi connectivity index (χ2v) is 19.4. The number of unbranched alkanes of at least 4 members (excludes halogenated alkanes) is 43. The van der Waals surface area contributed by atoms with Crippen LogP contribution in [0.25, 0.3) is 0 Å². The van der Waals surface area contributed by atoms with Crippen LogP contribution < -0.4 is 5.32 Å². The van der Waals surface area contributed by atoms with Gasteiger partial charge in [0.2, 0.25) is 5.91 Å². The number of aliphatic hydroxyl groups excluding tert-OH is 2. The summed E-state index contributed by atoms with van der Waals surface area (Å²) in [6, 6.07) is -0.533. The summed E-state index contributed by atoms with van der Waals surface area (Å²) < 4.78 is 0. The van der Waals surface area contributed by atoms with E-state index in [9.17, 15) is 15.0 Å². The van der Waals surface area contributed by atoms with Crippen LogP contribution >= 0.6 is 0 Å². The zero-order valence-corrected chi connectivity index (χ0v) is 41.3. The van der Waals surface area contributed by atoms with E-state index in [1.165, 1.54) is 270 Å². The molecule has 0 aromatic rings. The minimum absolute atomic E-state index is 0.0249. The van der Waals surface area contributed by atoms with E-state index in [-0.39, 0.29) is 12.5 Å². The third kappa shape index (κ3) is 48.2. The summed E-state index contributed by atoms with van der Waals surface area (Å²) >= 11 is 0. The highest BCUT2D eigenvalue weighted by atomic mass is 16.3. The molecule has 0 spiro atoms. The standard InChI is InChI=1S/C56H111NO3/c1-3-5-7-9-11-13-15-17-19-21-22-23-24-25-26-27-28-29-30-31-32-33-34-36-38-40-42-44-46-48-50-52-56(60)57-54(53-58)55(59)51-49-47-45-43-41-39-37-35-20-18-16-14-12-10-8-6-4-2/h25-26,54-55,58-59H,3-24,27-53H2,1-2H3,(H,57,60)/b26-25-. The molecule has 2 unspecified atom stereocenters. The van der Waals surface area contributed by atoms with Crippen molar-refractivity contribution in [3.63, 3.8) is 0 Å². The van der Waals surface area contributed by atoms with E-state index in [2.05, 4.69) is 31.3 Å². The van der Waals surface area contributed by atoms with Gasteiger partial charge < -0.3 is 15.5 Å². The Kier molecular flexibility index (Phi) is 51.7. The maximum atomic E-state index is 12.5. The second kappa shape index (κ2) is 52.5. The predicted octanol–water partition coefficient (Wildman–Crippen LogP) is 18.1. The SMILES string of the molecule is CCCCCCCCCCCCCC/C=C\CCCCCCCCCCCCCCCCCC(=O)NC(CO)C(O)CCCCCCCCCCCCCCCCCCC. The number of hydrogen-bond donors (Lipinski definition) is 3. The van der Waals surface area contributed by atoms with Crippen LogP contribution in [0.4, 0.5) is 0 Å². The molecule has 4 nitrogen and oxygen atoms in total. The summed E-state index contributed by atoms with van der Waals surface area (Å²) in [5.74, 6) is -0.0249. The summed E-state index contributed by atoms with van der Waals surface area (Å²) in [6.45, 7) is 4.40. The number of carbonyl (C=O) groups is 1. The quantitative estimate of drug-likeness (QED) is 0.0422. The van der Waals surface area contributed by atoms with Gasteiger partial charge in [0.05, 0.1) is 18.8 Å². The molecule has 358 valence electrons. The molecule has 0 aromatic heterocycles. The maximum Gasteiger partial charge on any atom is 0.220 e. The Labute approximate surface area is 377 Å². The van der Waals surface area contributed by atoms with Crippen molar-refractivity contribution in [1.29, 1.82) is 0 Å². The zero-order valence-electron chi connectivity index (χ0n) is 41.3. The van der Waals surface area contributed by atoms with Crippen molar-refractivity contribution in [3.8, 4) is 0 Å². The van der Waals surface area contributed by atoms with Crippen molar-refractivity contribution in [2.45, 2.75) is 334 Å². The molecule has 0 aliphatic rings. The number of aliphatic hydroxyl groups is 2. The molecule has 0 aliphatic heterocycles. The van der Waals surface area contributed by atoms with E-state index in [4.69, 9.17) is 0 Å². The van der Waals surface area contributed by atoms with E-state index in [0.29, 0.717) is 12.8 Å². The van der Waals surface area contributed by atoms with Crippen LogP contribution in [0.15, 0.2) is 12.2 Å². The number of carbonyl (C=O) groups excluding carboxylic acids is 1. The lowest BCUT2D eigenvalue weighted by molar-refractivity contribution is -0.123. The van der Waals surface area contributed by atoms with Crippen molar-refractivity contribution >= 4 is 5.91 Å². The monoisotopic (exact) mass is 846 g/mol. The lowest BCUT2D eigenvalue weighted by Gasteiger charge is -2.22. The molecule has 2 atom stereocenters. The van der Waals surface area contributed by atoms with Crippen molar-refractivity contribution in [1.82, 2.24) is 5.32 Å². The first-order valence-corrected chi connectivity index (χ1v) is 27.9. The second-order valence-electron chi connectivity index (χ2n) is 19.4. The fraction of sp³-hybridized carbons (Fsp3) is 0.946. The lowest BCUT2D eigenvalue weighted by atomic mass is 10.0. The molecule has 0 fully saturated rings. The first-order valence-electron chi connectivity index (χ1n) is 27.9. The van der Waals surface area contributed by atoms with Gasteiger partial charge in [0.15, 0.2) is 0 Å². The smallest absolute Gasteiger partial charge is 0.220 e. The maximum absolute atomic E-state index is 12.5. The Morgan fingerprint density at radius 1 is 0.383 bits per heavy atom. The van der Waals surface area contributed by atoms with Crippen LogP contribution in [0.3, 0.4) is 0 Å². The van der Waals surface area contributed by atoms with Crippen LogP contribution in [-0.4, -0.2) is 34.9 Å². The van der Waals surface area contributed by atoms with Gasteiger partial charge in [-0.05, 0) is 38.5 Å². The average Bonchev–Trinajstić information content (AvgIpc) is 3.25. The summed E-state index contributed by atoms with van der Waals surface area (Å²) in [5.41, 5.74) is 0. The van der Waals surface area contributed by atoms with Crippen molar-refractivity contribution in [2.24, 2.45) is 0 Å². The van der Waals surface area contributed by atoms with E-state index in [1.54, 1.807) is 0 Å². The van der Waals surface area contributed by atoms with Gasteiger partial charge in [-0.25, -0.2) is 0 Å². The minimum atomic E-state index is -0.656. The predicted molar refractivity (Wildman–Crippen MR) is 267 cm³/mol. The molecule has 3 N–H and O–H groups in total. The normalized spacial score (nSPS) is 12.8. The number of allylic oxidation sites excluding steroid dienone is 2. The number of rotatable bonds is 52. The summed E-state index contributed by atoms with van der Waals surface area (Å²) in [4.78, 5) is 12.5. The van der Waals surface area contributed by atoms with Gasteiger partial charge >= 0.3 is 0 Å². The van der Waals surface area contributed by atoms with Crippen LogP contribution in [-0.2, 0) is 4.79 Å². The molecule has 0 heterocycles. The highest BCUT2D eigenvalue weighted by molar-refractivity contribution is 5.76. The molecule has 4 heteroatoms. The van der Waals surface area contributed by atoms with E-state index >= 15 is 0 Å². The molecule has 0 bridgehead atoms. The molecule has 0 rings (SSSR count). The minimum Gasteiger partial charge on any atom is -0.394 e. The van der Waals surface area contributed by atoms with Crippen molar-refractivity contribution in [3.05, 3.63) is 12.2 Å². The molecule has 1 amide bonds. The molecule has 0 saturated carbocycles. The molecule has 0 aromatic carbocycles. The van der Waals surface area contributed by atoms with Crippen LogP contribution in [0.1, 0.15) is 322 Å². The topological polar surface area (TPSA) is 69.6 Å². The molecule has 60 heavy (non-hydrogen) atoms. The molecular weight excluding hydrogens is 735 g/mol. The lowest BCUT2D eigenvalue weighted by Crippen LogP contribution is -2.45. The average molecular weight is 847 g/mol.